The summed E-state index contributed by atoms with van der Waals surface area (Å²) in [5.74, 6) is 0.434. The summed E-state index contributed by atoms with van der Waals surface area (Å²) in [7, 11) is 0. The van der Waals surface area contributed by atoms with Gasteiger partial charge in [-0.1, -0.05) is 20.8 Å². The zero-order valence-electron chi connectivity index (χ0n) is 12.7. The van der Waals surface area contributed by atoms with Crippen LogP contribution in [0.1, 0.15) is 33.4 Å². The molecule has 5 heteroatoms. The van der Waals surface area contributed by atoms with Crippen LogP contribution in [0.25, 0.3) is 11.4 Å². The molecule has 1 aromatic heterocycles. The van der Waals surface area contributed by atoms with E-state index in [9.17, 15) is 9.50 Å². The fraction of sp³-hybridized carbons (Fsp3) is 0.375. The molecule has 0 saturated heterocycles. The largest absolute Gasteiger partial charge is 0.508 e. The molecule has 0 unspecified atom stereocenters. The number of aromatic nitrogens is 2. The lowest BCUT2D eigenvalue weighted by molar-refractivity contribution is 0.469. The molecule has 0 radical (unpaired) electrons. The van der Waals surface area contributed by atoms with Crippen molar-refractivity contribution in [3.05, 3.63) is 35.8 Å². The third-order valence-electron chi connectivity index (χ3n) is 2.99. The van der Waals surface area contributed by atoms with Gasteiger partial charge in [0.05, 0.1) is 5.69 Å². The Balaban J connectivity index is 2.59. The Labute approximate surface area is 124 Å². The van der Waals surface area contributed by atoms with Gasteiger partial charge in [0.25, 0.3) is 0 Å². The van der Waals surface area contributed by atoms with Crippen molar-refractivity contribution < 1.29 is 9.50 Å². The molecule has 2 rings (SSSR count). The number of phenols is 1. The summed E-state index contributed by atoms with van der Waals surface area (Å²) < 4.78 is 13.5. The molecule has 2 aromatic rings. The number of phenolic OH excluding ortho intramolecular Hbond substituents is 1. The van der Waals surface area contributed by atoms with Gasteiger partial charge >= 0.3 is 0 Å². The number of aromatic hydroxyl groups is 1. The van der Waals surface area contributed by atoms with Gasteiger partial charge in [-0.25, -0.2) is 14.4 Å². The van der Waals surface area contributed by atoms with E-state index in [1.54, 1.807) is 0 Å². The molecule has 21 heavy (non-hydrogen) atoms. The maximum absolute atomic E-state index is 13.5. The molecule has 0 aliphatic rings. The molecule has 0 bridgehead atoms. The molecule has 1 aromatic carbocycles. The lowest BCUT2D eigenvalue weighted by Crippen LogP contribution is -2.16. The number of benzene rings is 1. The number of rotatable bonds is 3. The van der Waals surface area contributed by atoms with Crippen LogP contribution in [0, 0.1) is 5.82 Å². The van der Waals surface area contributed by atoms with Gasteiger partial charge in [-0.3, -0.25) is 0 Å². The van der Waals surface area contributed by atoms with Crippen LogP contribution in [0.4, 0.5) is 10.2 Å². The van der Waals surface area contributed by atoms with Crippen LogP contribution in [-0.2, 0) is 5.41 Å². The normalized spacial score (nSPS) is 11.5. The third-order valence-corrected chi connectivity index (χ3v) is 2.99. The van der Waals surface area contributed by atoms with E-state index in [0.717, 1.165) is 18.3 Å². The lowest BCUT2D eigenvalue weighted by Gasteiger charge is -2.19. The summed E-state index contributed by atoms with van der Waals surface area (Å²) in [6, 6.07) is 5.73. The molecule has 112 valence electrons. The lowest BCUT2D eigenvalue weighted by atomic mass is 9.91. The Morgan fingerprint density at radius 2 is 1.86 bits per heavy atom. The second-order valence-corrected chi connectivity index (χ2v) is 5.94. The summed E-state index contributed by atoms with van der Waals surface area (Å²) in [5.41, 5.74) is 1.15. The number of nitrogens with one attached hydrogen (secondary N) is 1. The predicted octanol–water partition coefficient (Wildman–Crippen LogP) is 3.72. The van der Waals surface area contributed by atoms with Crippen molar-refractivity contribution >= 4 is 5.82 Å². The van der Waals surface area contributed by atoms with Gasteiger partial charge in [-0.15, -0.1) is 0 Å². The Kier molecular flexibility index (Phi) is 4.11. The fourth-order valence-electron chi connectivity index (χ4n) is 1.94. The van der Waals surface area contributed by atoms with Crippen molar-refractivity contribution in [1.82, 2.24) is 9.97 Å². The fourth-order valence-corrected chi connectivity index (χ4v) is 1.94. The Morgan fingerprint density at radius 3 is 2.43 bits per heavy atom. The molecule has 0 spiro atoms. The summed E-state index contributed by atoms with van der Waals surface area (Å²) in [4.78, 5) is 8.90. The first-order chi connectivity index (χ1) is 9.79. The maximum Gasteiger partial charge on any atom is 0.162 e. The minimum atomic E-state index is -0.514. The monoisotopic (exact) mass is 289 g/mol. The van der Waals surface area contributed by atoms with E-state index in [1.165, 1.54) is 12.1 Å². The van der Waals surface area contributed by atoms with Gasteiger partial charge in [0.15, 0.2) is 5.82 Å². The van der Waals surface area contributed by atoms with Crippen molar-refractivity contribution in [3.8, 4) is 17.1 Å². The Hall–Kier alpha value is -2.17. The average Bonchev–Trinajstić information content (AvgIpc) is 2.36. The average molecular weight is 289 g/mol. The van der Waals surface area contributed by atoms with Crippen molar-refractivity contribution in [3.63, 3.8) is 0 Å². The zero-order chi connectivity index (χ0) is 15.6. The minimum Gasteiger partial charge on any atom is -0.508 e. The molecule has 0 amide bonds. The number of halogens is 1. The van der Waals surface area contributed by atoms with Crippen LogP contribution < -0.4 is 5.32 Å². The molecular formula is C16H20FN3O. The van der Waals surface area contributed by atoms with Crippen LogP contribution in [0.2, 0.25) is 0 Å². The molecule has 2 N–H and O–H groups in total. The highest BCUT2D eigenvalue weighted by Crippen LogP contribution is 2.27. The smallest absolute Gasteiger partial charge is 0.162 e. The number of nitrogens with zero attached hydrogens (tertiary/aromatic N) is 2. The Morgan fingerprint density at radius 1 is 1.14 bits per heavy atom. The van der Waals surface area contributed by atoms with Crippen LogP contribution >= 0.6 is 0 Å². The zero-order valence-corrected chi connectivity index (χ0v) is 12.7. The molecule has 0 aliphatic heterocycles. The molecule has 0 fully saturated rings. The molecule has 4 nitrogen and oxygen atoms in total. The summed E-state index contributed by atoms with van der Waals surface area (Å²) in [5, 5.41) is 12.7. The van der Waals surface area contributed by atoms with E-state index in [2.05, 4.69) is 36.1 Å². The SMILES string of the molecule is CCNc1cc(C(C)(C)C)nc(-c2cc(O)cc(F)c2)n1. The van der Waals surface area contributed by atoms with Gasteiger partial charge < -0.3 is 10.4 Å². The van der Waals surface area contributed by atoms with Gasteiger partial charge in [0.2, 0.25) is 0 Å². The maximum atomic E-state index is 13.5. The summed E-state index contributed by atoms with van der Waals surface area (Å²) >= 11 is 0. The molecule has 1 heterocycles. The van der Waals surface area contributed by atoms with Crippen LogP contribution in [0.3, 0.4) is 0 Å². The first-order valence-electron chi connectivity index (χ1n) is 6.93. The first kappa shape index (κ1) is 15.2. The van der Waals surface area contributed by atoms with Gasteiger partial charge in [0, 0.05) is 29.7 Å². The molecule has 0 saturated carbocycles. The minimum absolute atomic E-state index is 0.139. The Bertz CT molecular complexity index is 630. The summed E-state index contributed by atoms with van der Waals surface area (Å²) in [6.45, 7) is 8.87. The van der Waals surface area contributed by atoms with E-state index in [1.807, 2.05) is 13.0 Å². The predicted molar refractivity (Wildman–Crippen MR) is 82.0 cm³/mol. The number of hydrogen-bond acceptors (Lipinski definition) is 4. The summed E-state index contributed by atoms with van der Waals surface area (Å²) in [6.07, 6.45) is 0. The van der Waals surface area contributed by atoms with Crippen LogP contribution in [0.15, 0.2) is 24.3 Å². The van der Waals surface area contributed by atoms with Crippen molar-refractivity contribution in [1.29, 1.82) is 0 Å². The molecule has 0 aliphatic carbocycles. The third kappa shape index (κ3) is 3.68. The second kappa shape index (κ2) is 5.68. The van der Waals surface area contributed by atoms with E-state index >= 15 is 0 Å². The van der Waals surface area contributed by atoms with E-state index in [-0.39, 0.29) is 11.2 Å². The topological polar surface area (TPSA) is 58.0 Å². The number of anilines is 1. The first-order valence-corrected chi connectivity index (χ1v) is 6.93. The van der Waals surface area contributed by atoms with Crippen molar-refractivity contribution in [2.75, 3.05) is 11.9 Å². The quantitative estimate of drug-likeness (QED) is 0.904. The standard InChI is InChI=1S/C16H20FN3O/c1-5-18-14-9-13(16(2,3)4)19-15(20-14)10-6-11(17)8-12(21)7-10/h6-9,21H,5H2,1-4H3,(H,18,19,20). The van der Waals surface area contributed by atoms with Crippen molar-refractivity contribution in [2.45, 2.75) is 33.1 Å². The van der Waals surface area contributed by atoms with Crippen molar-refractivity contribution in [2.24, 2.45) is 0 Å². The van der Waals surface area contributed by atoms with Gasteiger partial charge in [-0.05, 0) is 19.1 Å². The highest BCUT2D eigenvalue weighted by atomic mass is 19.1. The second-order valence-electron chi connectivity index (χ2n) is 5.94. The van der Waals surface area contributed by atoms with Crippen LogP contribution in [0.5, 0.6) is 5.75 Å². The molecular weight excluding hydrogens is 269 g/mol. The van der Waals surface area contributed by atoms with E-state index in [4.69, 9.17) is 0 Å². The van der Waals surface area contributed by atoms with E-state index in [0.29, 0.717) is 17.2 Å². The van der Waals surface area contributed by atoms with Crippen LogP contribution in [-0.4, -0.2) is 21.6 Å². The highest BCUT2D eigenvalue weighted by molar-refractivity contribution is 5.60. The number of hydrogen-bond donors (Lipinski definition) is 2. The van der Waals surface area contributed by atoms with Gasteiger partial charge in [-0.2, -0.15) is 0 Å². The highest BCUT2D eigenvalue weighted by Gasteiger charge is 2.19. The van der Waals surface area contributed by atoms with Gasteiger partial charge in [0.1, 0.15) is 17.4 Å². The molecule has 0 atom stereocenters. The van der Waals surface area contributed by atoms with E-state index < -0.39 is 5.82 Å².